The Labute approximate surface area is 185 Å². The predicted octanol–water partition coefficient (Wildman–Crippen LogP) is 3.19. The van der Waals surface area contributed by atoms with Gasteiger partial charge in [-0.2, -0.15) is 0 Å². The van der Waals surface area contributed by atoms with Crippen LogP contribution in [0.1, 0.15) is 59.6 Å². The summed E-state index contributed by atoms with van der Waals surface area (Å²) in [6.45, 7) is 2.35. The van der Waals surface area contributed by atoms with Gasteiger partial charge in [-0.15, -0.1) is 0 Å². The number of hydrogen-bond donors (Lipinski definition) is 2. The SMILES string of the molecule is Cc1cc(C(=O)Nc2ccnc(S(N)(=O)=O)c2)c(N2CCCC(F)(F)CC2)nc1C1CC1. The molecule has 2 fully saturated rings. The van der Waals surface area contributed by atoms with Crippen LogP contribution >= 0.6 is 0 Å². The largest absolute Gasteiger partial charge is 0.356 e. The molecule has 3 N–H and O–H groups in total. The maximum Gasteiger partial charge on any atom is 0.259 e. The van der Waals surface area contributed by atoms with Gasteiger partial charge in [0.15, 0.2) is 5.03 Å². The van der Waals surface area contributed by atoms with E-state index in [4.69, 9.17) is 10.1 Å². The fourth-order valence-corrected chi connectivity index (χ4v) is 4.41. The molecule has 1 saturated heterocycles. The summed E-state index contributed by atoms with van der Waals surface area (Å²) in [4.78, 5) is 23.4. The third-order valence-electron chi connectivity index (χ3n) is 5.74. The van der Waals surface area contributed by atoms with E-state index < -0.39 is 21.9 Å². The first kappa shape index (κ1) is 22.5. The standard InChI is InChI=1S/C21H25F2N5O3S/c1-13-11-16(20(29)26-15-5-8-25-17(12-15)32(24,30)31)19(27-18(13)14-3-4-14)28-9-2-6-21(22,23)7-10-28/h5,8,11-12,14H,2-4,6-7,9-10H2,1H3,(H2,24,30,31)(H,25,26,29). The summed E-state index contributed by atoms with van der Waals surface area (Å²) < 4.78 is 51.0. The molecular weight excluding hydrogens is 440 g/mol. The number of pyridine rings is 2. The molecule has 2 aromatic heterocycles. The zero-order chi connectivity index (χ0) is 23.1. The second-order valence-electron chi connectivity index (χ2n) is 8.41. The van der Waals surface area contributed by atoms with E-state index in [1.54, 1.807) is 11.0 Å². The van der Waals surface area contributed by atoms with Crippen LogP contribution in [0.4, 0.5) is 20.3 Å². The number of hydrogen-bond acceptors (Lipinski definition) is 6. The molecule has 0 bridgehead atoms. The third-order valence-corrected chi connectivity index (χ3v) is 6.55. The molecule has 3 heterocycles. The van der Waals surface area contributed by atoms with Crippen molar-refractivity contribution in [2.45, 2.75) is 55.9 Å². The number of nitrogens with one attached hydrogen (secondary N) is 1. The predicted molar refractivity (Wildman–Crippen MR) is 116 cm³/mol. The van der Waals surface area contributed by atoms with Crippen molar-refractivity contribution in [1.29, 1.82) is 0 Å². The zero-order valence-electron chi connectivity index (χ0n) is 17.6. The summed E-state index contributed by atoms with van der Waals surface area (Å²) in [6.07, 6.45) is 3.07. The molecule has 4 rings (SSSR count). The molecule has 1 amide bonds. The number of alkyl halides is 2. The fraction of sp³-hybridized carbons (Fsp3) is 0.476. The molecule has 11 heteroatoms. The lowest BCUT2D eigenvalue weighted by molar-refractivity contribution is -0.0102. The second kappa shape index (κ2) is 8.36. The number of aromatic nitrogens is 2. The van der Waals surface area contributed by atoms with E-state index in [0.717, 1.165) is 30.2 Å². The first-order chi connectivity index (χ1) is 15.0. The fourth-order valence-electron chi connectivity index (χ4n) is 3.91. The highest BCUT2D eigenvalue weighted by atomic mass is 32.2. The zero-order valence-corrected chi connectivity index (χ0v) is 18.5. The lowest BCUT2D eigenvalue weighted by atomic mass is 10.1. The van der Waals surface area contributed by atoms with Crippen molar-refractivity contribution in [3.05, 3.63) is 41.2 Å². The minimum absolute atomic E-state index is 0.0955. The number of halogens is 2. The third kappa shape index (κ3) is 5.04. The summed E-state index contributed by atoms with van der Waals surface area (Å²) in [5.74, 6) is -2.53. The Kier molecular flexibility index (Phi) is 5.89. The van der Waals surface area contributed by atoms with Gasteiger partial charge in [0, 0.05) is 55.5 Å². The van der Waals surface area contributed by atoms with Crippen molar-refractivity contribution in [2.24, 2.45) is 5.14 Å². The minimum Gasteiger partial charge on any atom is -0.356 e. The van der Waals surface area contributed by atoms with Gasteiger partial charge >= 0.3 is 0 Å². The van der Waals surface area contributed by atoms with Crippen LogP contribution in [0.15, 0.2) is 29.4 Å². The van der Waals surface area contributed by atoms with Gasteiger partial charge in [-0.3, -0.25) is 4.79 Å². The van der Waals surface area contributed by atoms with E-state index in [1.807, 2.05) is 6.92 Å². The van der Waals surface area contributed by atoms with E-state index in [-0.39, 0.29) is 35.7 Å². The van der Waals surface area contributed by atoms with Crippen LogP contribution in [0.2, 0.25) is 0 Å². The van der Waals surface area contributed by atoms with Crippen LogP contribution in [0.5, 0.6) is 0 Å². The highest BCUT2D eigenvalue weighted by molar-refractivity contribution is 7.89. The number of rotatable bonds is 5. The molecule has 8 nitrogen and oxygen atoms in total. The van der Waals surface area contributed by atoms with Crippen molar-refractivity contribution in [3.8, 4) is 0 Å². The number of nitrogens with two attached hydrogens (primary N) is 1. The number of primary sulfonamides is 1. The molecule has 0 radical (unpaired) electrons. The van der Waals surface area contributed by atoms with Crippen LogP contribution < -0.4 is 15.4 Å². The summed E-state index contributed by atoms with van der Waals surface area (Å²) >= 11 is 0. The van der Waals surface area contributed by atoms with Crippen molar-refractivity contribution >= 4 is 27.4 Å². The van der Waals surface area contributed by atoms with Gasteiger partial charge in [-0.1, -0.05) is 0 Å². The maximum absolute atomic E-state index is 13.9. The first-order valence-corrected chi connectivity index (χ1v) is 12.0. The molecule has 1 saturated carbocycles. The van der Waals surface area contributed by atoms with Crippen LogP contribution in [-0.2, 0) is 10.0 Å². The molecule has 2 aliphatic rings. The number of carbonyl (C=O) groups excluding carboxylic acids is 1. The van der Waals surface area contributed by atoms with Gasteiger partial charge in [-0.25, -0.2) is 32.3 Å². The Balaban J connectivity index is 1.68. The van der Waals surface area contributed by atoms with Crippen molar-refractivity contribution in [3.63, 3.8) is 0 Å². The Morgan fingerprint density at radius 2 is 2.00 bits per heavy atom. The molecule has 172 valence electrons. The van der Waals surface area contributed by atoms with Crippen LogP contribution in [0, 0.1) is 6.92 Å². The summed E-state index contributed by atoms with van der Waals surface area (Å²) in [7, 11) is -4.04. The van der Waals surface area contributed by atoms with Gasteiger partial charge in [0.1, 0.15) is 5.82 Å². The van der Waals surface area contributed by atoms with Crippen LogP contribution in [-0.4, -0.2) is 43.3 Å². The number of aryl methyl sites for hydroxylation is 1. The van der Waals surface area contributed by atoms with Gasteiger partial charge in [0.2, 0.25) is 5.92 Å². The molecule has 2 aromatic rings. The lowest BCUT2D eigenvalue weighted by Gasteiger charge is -2.25. The Bertz CT molecular complexity index is 1150. The molecule has 1 aliphatic carbocycles. The maximum atomic E-state index is 13.9. The van der Waals surface area contributed by atoms with E-state index in [1.165, 1.54) is 12.3 Å². The Morgan fingerprint density at radius 3 is 2.69 bits per heavy atom. The Hall–Kier alpha value is -2.66. The van der Waals surface area contributed by atoms with E-state index in [9.17, 15) is 22.0 Å². The quantitative estimate of drug-likeness (QED) is 0.700. The van der Waals surface area contributed by atoms with Crippen LogP contribution in [0.3, 0.4) is 0 Å². The van der Waals surface area contributed by atoms with E-state index >= 15 is 0 Å². The van der Waals surface area contributed by atoms with E-state index in [2.05, 4.69) is 10.3 Å². The average Bonchev–Trinajstić information content (AvgIpc) is 3.56. The van der Waals surface area contributed by atoms with Gasteiger partial charge in [-0.05, 0) is 43.9 Å². The number of anilines is 2. The lowest BCUT2D eigenvalue weighted by Crippen LogP contribution is -2.30. The second-order valence-corrected chi connectivity index (χ2v) is 9.92. The van der Waals surface area contributed by atoms with Crippen molar-refractivity contribution in [2.75, 3.05) is 23.3 Å². The molecule has 0 spiro atoms. The van der Waals surface area contributed by atoms with Crippen LogP contribution in [0.25, 0.3) is 0 Å². The molecule has 1 aliphatic heterocycles. The van der Waals surface area contributed by atoms with Gasteiger partial charge in [0.25, 0.3) is 15.9 Å². The monoisotopic (exact) mass is 465 g/mol. The average molecular weight is 466 g/mol. The van der Waals surface area contributed by atoms with Crippen molar-refractivity contribution in [1.82, 2.24) is 9.97 Å². The number of sulfonamides is 1. The smallest absolute Gasteiger partial charge is 0.259 e. The van der Waals surface area contributed by atoms with Gasteiger partial charge in [0.05, 0.1) is 5.56 Å². The highest BCUT2D eigenvalue weighted by Crippen LogP contribution is 2.42. The topological polar surface area (TPSA) is 118 Å². The molecule has 32 heavy (non-hydrogen) atoms. The van der Waals surface area contributed by atoms with E-state index in [0.29, 0.717) is 24.7 Å². The normalized spacial score (nSPS) is 18.8. The summed E-state index contributed by atoms with van der Waals surface area (Å²) in [5, 5.41) is 7.40. The first-order valence-electron chi connectivity index (χ1n) is 10.5. The summed E-state index contributed by atoms with van der Waals surface area (Å²) in [6, 6.07) is 4.34. The number of nitrogens with zero attached hydrogens (tertiary/aromatic N) is 3. The molecule has 0 atom stereocenters. The number of amides is 1. The molecular formula is C21H25F2N5O3S. The van der Waals surface area contributed by atoms with Gasteiger partial charge < -0.3 is 10.2 Å². The molecule has 0 aromatic carbocycles. The molecule has 0 unspecified atom stereocenters. The highest BCUT2D eigenvalue weighted by Gasteiger charge is 2.34. The number of carbonyl (C=O) groups is 1. The Morgan fingerprint density at radius 1 is 1.25 bits per heavy atom. The van der Waals surface area contributed by atoms with Crippen molar-refractivity contribution < 1.29 is 22.0 Å². The minimum atomic E-state index is -4.04. The summed E-state index contributed by atoms with van der Waals surface area (Å²) in [5.41, 5.74) is 2.21.